The highest BCUT2D eigenvalue weighted by molar-refractivity contribution is 5.61. The van der Waals surface area contributed by atoms with E-state index in [1.807, 2.05) is 32.0 Å². The van der Waals surface area contributed by atoms with E-state index < -0.39 is 0 Å². The molecule has 4 nitrogen and oxygen atoms in total. The van der Waals surface area contributed by atoms with Crippen molar-refractivity contribution in [1.82, 2.24) is 0 Å². The Bertz CT molecular complexity index is 423. The van der Waals surface area contributed by atoms with E-state index >= 15 is 0 Å². The summed E-state index contributed by atoms with van der Waals surface area (Å²) in [5.41, 5.74) is 7.61. The van der Waals surface area contributed by atoms with E-state index in [1.165, 1.54) is 6.42 Å². The topological polar surface area (TPSA) is 56.5 Å². The number of rotatable bonds is 6. The average molecular weight is 264 g/mol. The first-order chi connectivity index (χ1) is 9.04. The smallest absolute Gasteiger partial charge is 0.144 e. The average Bonchev–Trinajstić information content (AvgIpc) is 2.31. The first kappa shape index (κ1) is 14.0. The second-order valence-electron chi connectivity index (χ2n) is 5.51. The van der Waals surface area contributed by atoms with Crippen molar-refractivity contribution in [3.05, 3.63) is 18.2 Å². The normalized spacial score (nSPS) is 17.1. The Labute approximate surface area is 115 Å². The molecule has 0 unspecified atom stereocenters. The maximum absolute atomic E-state index is 5.91. The van der Waals surface area contributed by atoms with Gasteiger partial charge in [-0.25, -0.2) is 0 Å². The molecule has 0 saturated heterocycles. The minimum Gasteiger partial charge on any atom is -0.489 e. The van der Waals surface area contributed by atoms with Crippen molar-refractivity contribution in [1.29, 1.82) is 0 Å². The van der Waals surface area contributed by atoms with E-state index in [9.17, 15) is 0 Å². The highest BCUT2D eigenvalue weighted by atomic mass is 16.5. The standard InChI is InChI=1S/C15H24N2O2/c1-11(2)19-14-9-12(5-6-13(14)16)17-10-15(18-3)7-4-8-15/h5-6,9,11,17H,4,7-8,10,16H2,1-3H3. The number of nitrogen functional groups attached to an aromatic ring is 1. The van der Waals surface area contributed by atoms with Gasteiger partial charge in [0, 0.05) is 25.4 Å². The van der Waals surface area contributed by atoms with Crippen LogP contribution in [-0.4, -0.2) is 25.4 Å². The second kappa shape index (κ2) is 5.70. The van der Waals surface area contributed by atoms with E-state index in [4.69, 9.17) is 15.2 Å². The van der Waals surface area contributed by atoms with Crippen LogP contribution in [0.3, 0.4) is 0 Å². The Morgan fingerprint density at radius 3 is 2.63 bits per heavy atom. The van der Waals surface area contributed by atoms with Gasteiger partial charge in [-0.2, -0.15) is 0 Å². The number of anilines is 2. The van der Waals surface area contributed by atoms with E-state index in [0.29, 0.717) is 5.69 Å². The lowest BCUT2D eigenvalue weighted by atomic mass is 9.80. The predicted molar refractivity (Wildman–Crippen MR) is 78.7 cm³/mol. The number of nitrogens with one attached hydrogen (secondary N) is 1. The minimum absolute atomic E-state index is 0.0143. The van der Waals surface area contributed by atoms with Gasteiger partial charge >= 0.3 is 0 Å². The highest BCUT2D eigenvalue weighted by Crippen LogP contribution is 2.35. The van der Waals surface area contributed by atoms with E-state index in [-0.39, 0.29) is 11.7 Å². The lowest BCUT2D eigenvalue weighted by Crippen LogP contribution is -2.45. The zero-order valence-electron chi connectivity index (χ0n) is 12.0. The van der Waals surface area contributed by atoms with Gasteiger partial charge in [0.15, 0.2) is 0 Å². The van der Waals surface area contributed by atoms with Crippen LogP contribution in [0.15, 0.2) is 18.2 Å². The molecule has 0 radical (unpaired) electrons. The molecule has 0 bridgehead atoms. The summed E-state index contributed by atoms with van der Waals surface area (Å²) in [4.78, 5) is 0. The molecule has 2 rings (SSSR count). The largest absolute Gasteiger partial charge is 0.489 e. The van der Waals surface area contributed by atoms with Crippen LogP contribution in [0, 0.1) is 0 Å². The molecule has 0 amide bonds. The number of nitrogens with two attached hydrogens (primary N) is 1. The summed E-state index contributed by atoms with van der Waals surface area (Å²) in [5.74, 6) is 0.736. The molecule has 19 heavy (non-hydrogen) atoms. The molecular formula is C15H24N2O2. The van der Waals surface area contributed by atoms with Crippen molar-refractivity contribution in [3.8, 4) is 5.75 Å². The number of methoxy groups -OCH3 is 1. The third-order valence-electron chi connectivity index (χ3n) is 3.69. The summed E-state index contributed by atoms with van der Waals surface area (Å²) in [6, 6.07) is 5.81. The lowest BCUT2D eigenvalue weighted by Gasteiger charge is -2.40. The van der Waals surface area contributed by atoms with Crippen LogP contribution in [0.2, 0.25) is 0 Å². The molecule has 1 aromatic carbocycles. The van der Waals surface area contributed by atoms with Crippen LogP contribution in [0.4, 0.5) is 11.4 Å². The third kappa shape index (κ3) is 3.32. The van der Waals surface area contributed by atoms with Crippen LogP contribution in [0.5, 0.6) is 5.75 Å². The van der Waals surface area contributed by atoms with Crippen molar-refractivity contribution in [2.75, 3.05) is 24.7 Å². The van der Waals surface area contributed by atoms with Crippen molar-refractivity contribution >= 4 is 11.4 Å². The molecule has 106 valence electrons. The van der Waals surface area contributed by atoms with Gasteiger partial charge in [-0.3, -0.25) is 0 Å². The Balaban J connectivity index is 2.00. The molecule has 1 aliphatic carbocycles. The number of benzene rings is 1. The number of ether oxygens (including phenoxy) is 2. The molecule has 3 N–H and O–H groups in total. The van der Waals surface area contributed by atoms with E-state index in [2.05, 4.69) is 5.32 Å². The fourth-order valence-corrected chi connectivity index (χ4v) is 2.29. The molecule has 1 saturated carbocycles. The van der Waals surface area contributed by atoms with Crippen molar-refractivity contribution in [3.63, 3.8) is 0 Å². The third-order valence-corrected chi connectivity index (χ3v) is 3.69. The van der Waals surface area contributed by atoms with Gasteiger partial charge in [0.1, 0.15) is 5.75 Å². The lowest BCUT2D eigenvalue weighted by molar-refractivity contribution is -0.0601. The van der Waals surface area contributed by atoms with Gasteiger partial charge in [-0.15, -0.1) is 0 Å². The predicted octanol–water partition coefficient (Wildman–Crippen LogP) is 3.04. The summed E-state index contributed by atoms with van der Waals surface area (Å²) < 4.78 is 11.3. The molecule has 0 heterocycles. The summed E-state index contributed by atoms with van der Waals surface area (Å²) in [7, 11) is 1.79. The zero-order chi connectivity index (χ0) is 13.9. The van der Waals surface area contributed by atoms with Crippen molar-refractivity contribution < 1.29 is 9.47 Å². The molecule has 1 aromatic rings. The molecule has 0 aromatic heterocycles. The van der Waals surface area contributed by atoms with Crippen molar-refractivity contribution in [2.45, 2.75) is 44.8 Å². The highest BCUT2D eigenvalue weighted by Gasteiger charge is 2.36. The summed E-state index contributed by atoms with van der Waals surface area (Å²) in [6.45, 7) is 4.82. The maximum Gasteiger partial charge on any atom is 0.144 e. The Kier molecular flexibility index (Phi) is 4.20. The Morgan fingerprint density at radius 1 is 1.37 bits per heavy atom. The maximum atomic E-state index is 5.91. The second-order valence-corrected chi connectivity index (χ2v) is 5.51. The van der Waals surface area contributed by atoms with Crippen LogP contribution in [0.25, 0.3) is 0 Å². The fraction of sp³-hybridized carbons (Fsp3) is 0.600. The first-order valence-electron chi connectivity index (χ1n) is 6.90. The van der Waals surface area contributed by atoms with Crippen LogP contribution >= 0.6 is 0 Å². The van der Waals surface area contributed by atoms with Crippen molar-refractivity contribution in [2.24, 2.45) is 0 Å². The van der Waals surface area contributed by atoms with Gasteiger partial charge in [0.25, 0.3) is 0 Å². The molecule has 0 atom stereocenters. The van der Waals surface area contributed by atoms with Gasteiger partial charge in [0.05, 0.1) is 17.4 Å². The summed E-state index contributed by atoms with van der Waals surface area (Å²) in [6.07, 6.45) is 3.62. The Hall–Kier alpha value is -1.42. The molecule has 4 heteroatoms. The molecular weight excluding hydrogens is 240 g/mol. The monoisotopic (exact) mass is 264 g/mol. The van der Waals surface area contributed by atoms with E-state index in [1.54, 1.807) is 7.11 Å². The SMILES string of the molecule is COC1(CNc2ccc(N)c(OC(C)C)c2)CCC1. The minimum atomic E-state index is 0.0143. The summed E-state index contributed by atoms with van der Waals surface area (Å²) >= 11 is 0. The quantitative estimate of drug-likeness (QED) is 0.775. The molecule has 1 fully saturated rings. The Morgan fingerprint density at radius 2 is 2.11 bits per heavy atom. The van der Waals surface area contributed by atoms with Gasteiger partial charge in [-0.05, 0) is 45.2 Å². The molecule has 1 aliphatic rings. The molecule has 0 spiro atoms. The van der Waals surface area contributed by atoms with Crippen LogP contribution < -0.4 is 15.8 Å². The number of hydrogen-bond donors (Lipinski definition) is 2. The van der Waals surface area contributed by atoms with Crippen LogP contribution in [0.1, 0.15) is 33.1 Å². The fourth-order valence-electron chi connectivity index (χ4n) is 2.29. The van der Waals surface area contributed by atoms with E-state index in [0.717, 1.165) is 30.8 Å². The number of hydrogen-bond acceptors (Lipinski definition) is 4. The van der Waals surface area contributed by atoms with Gasteiger partial charge < -0.3 is 20.5 Å². The molecule has 0 aliphatic heterocycles. The van der Waals surface area contributed by atoms with Gasteiger partial charge in [-0.1, -0.05) is 0 Å². The van der Waals surface area contributed by atoms with Gasteiger partial charge in [0.2, 0.25) is 0 Å². The first-order valence-corrected chi connectivity index (χ1v) is 6.90. The summed E-state index contributed by atoms with van der Waals surface area (Å²) in [5, 5.41) is 3.42. The van der Waals surface area contributed by atoms with Crippen LogP contribution in [-0.2, 0) is 4.74 Å². The zero-order valence-corrected chi connectivity index (χ0v) is 12.0.